The summed E-state index contributed by atoms with van der Waals surface area (Å²) in [6, 6.07) is 4.59. The summed E-state index contributed by atoms with van der Waals surface area (Å²) in [4.78, 5) is 12.3. The second-order valence-electron chi connectivity index (χ2n) is 7.20. The van der Waals surface area contributed by atoms with Crippen LogP contribution in [-0.4, -0.2) is 36.7 Å². The average Bonchev–Trinajstić information content (AvgIpc) is 2.97. The van der Waals surface area contributed by atoms with E-state index in [0.29, 0.717) is 6.04 Å². The molecule has 0 saturated carbocycles. The Kier molecular flexibility index (Phi) is 4.48. The minimum atomic E-state index is -0.260. The molecule has 1 N–H and O–H groups in total. The first-order valence-corrected chi connectivity index (χ1v) is 9.85. The molecular weight excluding hydrogens is 356 g/mol. The number of fused-ring (bicyclic) bond motifs is 2. The molecule has 0 radical (unpaired) electrons. The number of rotatable bonds is 2. The Labute approximate surface area is 157 Å². The van der Waals surface area contributed by atoms with E-state index in [1.54, 1.807) is 11.3 Å². The number of aromatic nitrogens is 2. The summed E-state index contributed by atoms with van der Waals surface area (Å²) in [5.41, 5.74) is 2.11. The third-order valence-corrected chi connectivity index (χ3v) is 6.51. The summed E-state index contributed by atoms with van der Waals surface area (Å²) < 4.78 is 7.26. The molecule has 2 aliphatic heterocycles. The molecule has 5 nitrogen and oxygen atoms in total. The molecule has 134 valence electrons. The standard InChI is InChI=1S/C18H23ClN4OS/c1-11-9-18(16-12(5-7-24-18)8-15(19)25-16)10-14(21-11)13-4-6-20-17(22-13)23(2)3/h4,6,8,11,14,21H,5,7,9-10H2,1-3H3/t11-,14-,18-/m0/s1. The molecule has 2 aliphatic rings. The Balaban J connectivity index is 1.70. The lowest BCUT2D eigenvalue weighted by atomic mass is 9.79. The summed E-state index contributed by atoms with van der Waals surface area (Å²) in [6.45, 7) is 2.97. The number of hydrogen-bond acceptors (Lipinski definition) is 6. The third-order valence-electron chi connectivity index (χ3n) is 5.02. The number of piperidine rings is 1. The Morgan fingerprint density at radius 3 is 3.04 bits per heavy atom. The average molecular weight is 379 g/mol. The lowest BCUT2D eigenvalue weighted by molar-refractivity contribution is -0.0957. The minimum absolute atomic E-state index is 0.136. The Morgan fingerprint density at radius 1 is 1.40 bits per heavy atom. The maximum absolute atomic E-state index is 6.40. The van der Waals surface area contributed by atoms with E-state index in [-0.39, 0.29) is 11.6 Å². The van der Waals surface area contributed by atoms with Gasteiger partial charge in [-0.25, -0.2) is 9.97 Å². The highest BCUT2D eigenvalue weighted by Crippen LogP contribution is 2.49. The van der Waals surface area contributed by atoms with Crippen LogP contribution < -0.4 is 10.2 Å². The van der Waals surface area contributed by atoms with Crippen molar-refractivity contribution < 1.29 is 4.74 Å². The van der Waals surface area contributed by atoms with E-state index in [9.17, 15) is 0 Å². The SMILES string of the molecule is C[C@H]1C[C@@]2(C[C@@H](c3ccnc(N(C)C)n3)N1)OCCc1cc(Cl)sc12. The molecule has 7 heteroatoms. The van der Waals surface area contributed by atoms with Crippen molar-refractivity contribution in [3.8, 4) is 0 Å². The van der Waals surface area contributed by atoms with Crippen molar-refractivity contribution in [2.45, 2.75) is 43.9 Å². The van der Waals surface area contributed by atoms with Crippen molar-refractivity contribution in [1.29, 1.82) is 0 Å². The number of nitrogens with zero attached hydrogens (tertiary/aromatic N) is 3. The zero-order valence-electron chi connectivity index (χ0n) is 14.8. The van der Waals surface area contributed by atoms with Gasteiger partial charge in [0.2, 0.25) is 5.95 Å². The van der Waals surface area contributed by atoms with Gasteiger partial charge in [-0.15, -0.1) is 11.3 Å². The van der Waals surface area contributed by atoms with Crippen molar-refractivity contribution in [2.75, 3.05) is 25.6 Å². The summed E-state index contributed by atoms with van der Waals surface area (Å²) in [5.74, 6) is 0.732. The number of thiophene rings is 1. The van der Waals surface area contributed by atoms with Gasteiger partial charge in [-0.05, 0) is 37.5 Å². The Hall–Kier alpha value is -1.21. The predicted octanol–water partition coefficient (Wildman–Crippen LogP) is 3.54. The van der Waals surface area contributed by atoms with Crippen LogP contribution in [0.3, 0.4) is 0 Å². The molecule has 2 aromatic rings. The first-order valence-electron chi connectivity index (χ1n) is 8.66. The largest absolute Gasteiger partial charge is 0.369 e. The molecule has 1 saturated heterocycles. The van der Waals surface area contributed by atoms with Crippen LogP contribution in [0.25, 0.3) is 0 Å². The number of halogens is 1. The topological polar surface area (TPSA) is 50.3 Å². The zero-order chi connectivity index (χ0) is 17.6. The first kappa shape index (κ1) is 17.2. The van der Waals surface area contributed by atoms with Crippen LogP contribution in [0.4, 0.5) is 5.95 Å². The highest BCUT2D eigenvalue weighted by Gasteiger charge is 2.46. The molecule has 0 bridgehead atoms. The van der Waals surface area contributed by atoms with Gasteiger partial charge in [-0.3, -0.25) is 0 Å². The van der Waals surface area contributed by atoms with E-state index >= 15 is 0 Å². The summed E-state index contributed by atoms with van der Waals surface area (Å²) in [5, 5.41) is 3.69. The van der Waals surface area contributed by atoms with E-state index in [0.717, 1.165) is 41.8 Å². The highest BCUT2D eigenvalue weighted by atomic mass is 35.5. The molecule has 0 amide bonds. The quantitative estimate of drug-likeness (QED) is 0.866. The number of nitrogens with one attached hydrogen (secondary N) is 1. The van der Waals surface area contributed by atoms with Crippen molar-refractivity contribution in [3.05, 3.63) is 38.8 Å². The molecule has 1 fully saturated rings. The van der Waals surface area contributed by atoms with Gasteiger partial charge in [0.15, 0.2) is 0 Å². The van der Waals surface area contributed by atoms with Crippen LogP contribution in [0, 0.1) is 0 Å². The number of hydrogen-bond donors (Lipinski definition) is 1. The molecule has 0 aliphatic carbocycles. The lowest BCUT2D eigenvalue weighted by Crippen LogP contribution is -2.49. The van der Waals surface area contributed by atoms with Gasteiger partial charge < -0.3 is 15.0 Å². The monoisotopic (exact) mass is 378 g/mol. The molecule has 0 aromatic carbocycles. The summed E-state index contributed by atoms with van der Waals surface area (Å²) in [7, 11) is 3.92. The van der Waals surface area contributed by atoms with Gasteiger partial charge >= 0.3 is 0 Å². The molecule has 4 heterocycles. The lowest BCUT2D eigenvalue weighted by Gasteiger charge is -2.46. The highest BCUT2D eigenvalue weighted by molar-refractivity contribution is 7.16. The molecule has 3 atom stereocenters. The van der Waals surface area contributed by atoms with Crippen LogP contribution in [0.1, 0.15) is 41.9 Å². The second-order valence-corrected chi connectivity index (χ2v) is 8.89. The smallest absolute Gasteiger partial charge is 0.225 e. The zero-order valence-corrected chi connectivity index (χ0v) is 16.3. The maximum atomic E-state index is 6.40. The van der Waals surface area contributed by atoms with Crippen molar-refractivity contribution in [2.24, 2.45) is 0 Å². The molecule has 1 spiro atoms. The van der Waals surface area contributed by atoms with Crippen LogP contribution in [0.2, 0.25) is 4.34 Å². The van der Waals surface area contributed by atoms with Gasteiger partial charge in [-0.2, -0.15) is 0 Å². The molecule has 25 heavy (non-hydrogen) atoms. The molecule has 0 unspecified atom stereocenters. The van der Waals surface area contributed by atoms with Crippen LogP contribution in [0.5, 0.6) is 0 Å². The third kappa shape index (κ3) is 3.16. The Bertz CT molecular complexity index is 780. The maximum Gasteiger partial charge on any atom is 0.225 e. The van der Waals surface area contributed by atoms with Gasteiger partial charge in [-0.1, -0.05) is 11.6 Å². The minimum Gasteiger partial charge on any atom is -0.369 e. The normalized spacial score (nSPS) is 28.8. The van der Waals surface area contributed by atoms with Crippen LogP contribution in [-0.2, 0) is 16.8 Å². The van der Waals surface area contributed by atoms with E-state index in [1.807, 2.05) is 31.3 Å². The van der Waals surface area contributed by atoms with Crippen molar-refractivity contribution in [3.63, 3.8) is 0 Å². The molecular formula is C18H23ClN4OS. The predicted molar refractivity (Wildman–Crippen MR) is 102 cm³/mol. The fraction of sp³-hybridized carbons (Fsp3) is 0.556. The van der Waals surface area contributed by atoms with Crippen molar-refractivity contribution >= 4 is 28.9 Å². The van der Waals surface area contributed by atoms with Crippen molar-refractivity contribution in [1.82, 2.24) is 15.3 Å². The number of ether oxygens (including phenoxy) is 1. The van der Waals surface area contributed by atoms with E-state index < -0.39 is 0 Å². The van der Waals surface area contributed by atoms with E-state index in [1.165, 1.54) is 10.4 Å². The Morgan fingerprint density at radius 2 is 2.24 bits per heavy atom. The summed E-state index contributed by atoms with van der Waals surface area (Å²) >= 11 is 7.99. The molecule has 4 rings (SSSR count). The first-order chi connectivity index (χ1) is 12.0. The van der Waals surface area contributed by atoms with E-state index in [4.69, 9.17) is 21.3 Å². The van der Waals surface area contributed by atoms with Crippen LogP contribution in [0.15, 0.2) is 18.3 Å². The molecule has 2 aromatic heterocycles. The van der Waals surface area contributed by atoms with Gasteiger partial charge in [0, 0.05) is 37.6 Å². The van der Waals surface area contributed by atoms with Gasteiger partial charge in [0.25, 0.3) is 0 Å². The fourth-order valence-electron chi connectivity index (χ4n) is 4.02. The van der Waals surface area contributed by atoms with E-state index in [2.05, 4.69) is 23.3 Å². The fourth-order valence-corrected chi connectivity index (χ4v) is 5.48. The number of anilines is 1. The summed E-state index contributed by atoms with van der Waals surface area (Å²) in [6.07, 6.45) is 4.61. The second kappa shape index (κ2) is 6.50. The van der Waals surface area contributed by atoms with Crippen LogP contribution >= 0.6 is 22.9 Å². The van der Waals surface area contributed by atoms with Gasteiger partial charge in [0.05, 0.1) is 22.7 Å². The van der Waals surface area contributed by atoms with Gasteiger partial charge in [0.1, 0.15) is 5.60 Å².